The highest BCUT2D eigenvalue weighted by molar-refractivity contribution is 5.91. The van der Waals surface area contributed by atoms with Gasteiger partial charge in [0, 0.05) is 25.7 Å². The summed E-state index contributed by atoms with van der Waals surface area (Å²) in [6.07, 6.45) is 4.02. The molecule has 1 unspecified atom stereocenters. The Kier molecular flexibility index (Phi) is 3.80. The van der Waals surface area contributed by atoms with Crippen molar-refractivity contribution < 1.29 is 9.32 Å². The Balaban J connectivity index is 1.48. The molecule has 1 saturated heterocycles. The second-order valence-corrected chi connectivity index (χ2v) is 6.48. The topological polar surface area (TPSA) is 64.2 Å². The predicted molar refractivity (Wildman–Crippen MR) is 89.6 cm³/mol. The largest absolute Gasteiger partial charge is 0.351 e. The Labute approximate surface area is 140 Å². The third-order valence-electron chi connectivity index (χ3n) is 4.63. The second kappa shape index (κ2) is 6.11. The van der Waals surface area contributed by atoms with Crippen LogP contribution in [0.4, 0.5) is 0 Å². The van der Waals surface area contributed by atoms with E-state index in [4.69, 9.17) is 4.52 Å². The number of carbonyl (C=O) groups is 1. The minimum absolute atomic E-state index is 0.0595. The van der Waals surface area contributed by atoms with Crippen LogP contribution < -0.4 is 0 Å². The van der Waals surface area contributed by atoms with Crippen molar-refractivity contribution in [3.63, 3.8) is 0 Å². The molecule has 0 radical (unpaired) electrons. The summed E-state index contributed by atoms with van der Waals surface area (Å²) < 4.78 is 7.31. The fraction of sp³-hybridized carbons (Fsp3) is 0.389. The summed E-state index contributed by atoms with van der Waals surface area (Å²) in [5, 5.41) is 3.81. The molecule has 4 rings (SSSR count). The van der Waals surface area contributed by atoms with Gasteiger partial charge in [-0.2, -0.15) is 0 Å². The molecule has 0 bridgehead atoms. The van der Waals surface area contributed by atoms with Gasteiger partial charge in [0.15, 0.2) is 0 Å². The first-order valence-corrected chi connectivity index (χ1v) is 8.33. The van der Waals surface area contributed by atoms with E-state index in [0.717, 1.165) is 49.2 Å². The van der Waals surface area contributed by atoms with Gasteiger partial charge >= 0.3 is 0 Å². The number of likely N-dealkylation sites (tertiary alicyclic amines) is 1. The van der Waals surface area contributed by atoms with E-state index in [1.54, 1.807) is 6.07 Å². The molecule has 1 aliphatic rings. The second-order valence-electron chi connectivity index (χ2n) is 6.48. The highest BCUT2D eigenvalue weighted by Gasteiger charge is 2.27. The van der Waals surface area contributed by atoms with Gasteiger partial charge in [-0.1, -0.05) is 17.3 Å². The van der Waals surface area contributed by atoms with Crippen LogP contribution in [0.1, 0.15) is 29.1 Å². The van der Waals surface area contributed by atoms with Crippen molar-refractivity contribution in [2.24, 2.45) is 5.92 Å². The molecule has 0 saturated carbocycles. The van der Waals surface area contributed by atoms with Gasteiger partial charge in [-0.05, 0) is 37.8 Å². The summed E-state index contributed by atoms with van der Waals surface area (Å²) in [4.78, 5) is 18.9. The monoisotopic (exact) mass is 324 g/mol. The van der Waals surface area contributed by atoms with Gasteiger partial charge in [-0.25, -0.2) is 4.98 Å². The summed E-state index contributed by atoms with van der Waals surface area (Å²) >= 11 is 0. The van der Waals surface area contributed by atoms with Crippen molar-refractivity contribution in [2.45, 2.75) is 26.3 Å². The third kappa shape index (κ3) is 2.79. The number of carbonyl (C=O) groups excluding carboxylic acids is 1. The highest BCUT2D eigenvalue weighted by Crippen LogP contribution is 2.22. The number of para-hydroxylation sites is 2. The summed E-state index contributed by atoms with van der Waals surface area (Å²) in [7, 11) is 0. The summed E-state index contributed by atoms with van der Waals surface area (Å²) in [6, 6.07) is 9.85. The maximum absolute atomic E-state index is 12.5. The van der Waals surface area contributed by atoms with Crippen molar-refractivity contribution in [2.75, 3.05) is 13.1 Å². The molecule has 0 aliphatic carbocycles. The lowest BCUT2D eigenvalue weighted by atomic mass is 9.97. The minimum Gasteiger partial charge on any atom is -0.351 e. The average molecular weight is 324 g/mol. The Bertz CT molecular complexity index is 867. The van der Waals surface area contributed by atoms with Crippen LogP contribution in [0.15, 0.2) is 41.2 Å². The van der Waals surface area contributed by atoms with E-state index in [-0.39, 0.29) is 5.91 Å². The van der Waals surface area contributed by atoms with E-state index < -0.39 is 0 Å². The van der Waals surface area contributed by atoms with E-state index in [0.29, 0.717) is 11.7 Å². The number of benzene rings is 1. The molecule has 1 amide bonds. The molecule has 3 heterocycles. The lowest BCUT2D eigenvalue weighted by molar-refractivity contribution is 0.0621. The molecule has 1 atom stereocenters. The average Bonchev–Trinajstić information content (AvgIpc) is 3.21. The molecule has 6 nitrogen and oxygen atoms in total. The van der Waals surface area contributed by atoms with Crippen molar-refractivity contribution in [3.8, 4) is 0 Å². The molecular weight excluding hydrogens is 304 g/mol. The fourth-order valence-electron chi connectivity index (χ4n) is 3.45. The van der Waals surface area contributed by atoms with Crippen LogP contribution in [0.3, 0.4) is 0 Å². The molecule has 6 heteroatoms. The summed E-state index contributed by atoms with van der Waals surface area (Å²) in [6.45, 7) is 4.22. The number of aryl methyl sites for hydroxylation is 1. The molecular formula is C18H20N4O2. The smallest absolute Gasteiger partial charge is 0.292 e. The Morgan fingerprint density at radius 1 is 1.38 bits per heavy atom. The zero-order valence-corrected chi connectivity index (χ0v) is 13.7. The van der Waals surface area contributed by atoms with Crippen molar-refractivity contribution >= 4 is 16.9 Å². The molecule has 0 spiro atoms. The van der Waals surface area contributed by atoms with Crippen molar-refractivity contribution in [1.82, 2.24) is 19.6 Å². The molecule has 1 fully saturated rings. The molecule has 124 valence electrons. The van der Waals surface area contributed by atoms with E-state index in [2.05, 4.69) is 20.8 Å². The maximum atomic E-state index is 12.5. The number of nitrogens with zero attached hydrogens (tertiary/aromatic N) is 4. The first kappa shape index (κ1) is 14.9. The zero-order chi connectivity index (χ0) is 16.5. The first-order chi connectivity index (χ1) is 11.7. The quantitative estimate of drug-likeness (QED) is 0.743. The molecule has 0 N–H and O–H groups in total. The van der Waals surface area contributed by atoms with E-state index in [9.17, 15) is 4.79 Å². The fourth-order valence-corrected chi connectivity index (χ4v) is 3.45. The Hall–Kier alpha value is -2.63. The van der Waals surface area contributed by atoms with Crippen LogP contribution in [-0.4, -0.2) is 38.6 Å². The first-order valence-electron chi connectivity index (χ1n) is 8.33. The van der Waals surface area contributed by atoms with Crippen LogP contribution in [0.2, 0.25) is 0 Å². The van der Waals surface area contributed by atoms with Gasteiger partial charge in [0.05, 0.1) is 23.1 Å². The number of hydrogen-bond acceptors (Lipinski definition) is 4. The van der Waals surface area contributed by atoms with Gasteiger partial charge in [0.25, 0.3) is 5.91 Å². The number of rotatable bonds is 3. The van der Waals surface area contributed by atoms with Crippen LogP contribution in [0.25, 0.3) is 11.0 Å². The minimum atomic E-state index is -0.0595. The number of fused-ring (bicyclic) bond motifs is 1. The third-order valence-corrected chi connectivity index (χ3v) is 4.63. The lowest BCUT2D eigenvalue weighted by Crippen LogP contribution is -2.41. The van der Waals surface area contributed by atoms with Crippen LogP contribution in [0, 0.1) is 12.8 Å². The Morgan fingerprint density at radius 3 is 3.08 bits per heavy atom. The van der Waals surface area contributed by atoms with Crippen molar-refractivity contribution in [1.29, 1.82) is 0 Å². The summed E-state index contributed by atoms with van der Waals surface area (Å²) in [5.41, 5.74) is 2.89. The van der Waals surface area contributed by atoms with Crippen LogP contribution >= 0.6 is 0 Å². The number of piperidine rings is 1. The van der Waals surface area contributed by atoms with Gasteiger partial charge in [0.1, 0.15) is 0 Å². The van der Waals surface area contributed by atoms with Crippen LogP contribution in [-0.2, 0) is 6.54 Å². The van der Waals surface area contributed by atoms with Crippen molar-refractivity contribution in [3.05, 3.63) is 48.1 Å². The molecule has 24 heavy (non-hydrogen) atoms. The van der Waals surface area contributed by atoms with Gasteiger partial charge in [-0.15, -0.1) is 0 Å². The van der Waals surface area contributed by atoms with E-state index in [1.165, 1.54) is 0 Å². The zero-order valence-electron chi connectivity index (χ0n) is 13.7. The number of imidazole rings is 1. The lowest BCUT2D eigenvalue weighted by Gasteiger charge is -2.32. The predicted octanol–water partition coefficient (Wildman–Crippen LogP) is 2.89. The highest BCUT2D eigenvalue weighted by atomic mass is 16.5. The standard InChI is InChI=1S/C18H20N4O2/c1-13-9-17(24-20-13)18(23)21-8-4-5-14(10-21)11-22-12-19-15-6-2-3-7-16(15)22/h2-3,6-7,9,12,14H,4-5,8,10-11H2,1H3. The van der Waals surface area contributed by atoms with Gasteiger partial charge in [-0.3, -0.25) is 4.79 Å². The van der Waals surface area contributed by atoms with Gasteiger partial charge < -0.3 is 14.0 Å². The number of amides is 1. The number of hydrogen-bond donors (Lipinski definition) is 0. The Morgan fingerprint density at radius 2 is 2.25 bits per heavy atom. The molecule has 1 aliphatic heterocycles. The maximum Gasteiger partial charge on any atom is 0.292 e. The molecule has 3 aromatic rings. The van der Waals surface area contributed by atoms with Gasteiger partial charge in [0.2, 0.25) is 5.76 Å². The van der Waals surface area contributed by atoms with E-state index >= 15 is 0 Å². The SMILES string of the molecule is Cc1cc(C(=O)N2CCCC(Cn3cnc4ccccc43)C2)on1. The molecule has 2 aromatic heterocycles. The normalized spacial score (nSPS) is 18.2. The molecule has 1 aromatic carbocycles. The number of aromatic nitrogens is 3. The van der Waals surface area contributed by atoms with Crippen LogP contribution in [0.5, 0.6) is 0 Å². The van der Waals surface area contributed by atoms with E-state index in [1.807, 2.05) is 36.4 Å². The summed E-state index contributed by atoms with van der Waals surface area (Å²) in [5.74, 6) is 0.696.